The Morgan fingerprint density at radius 1 is 0.815 bits per heavy atom. The third-order valence-corrected chi connectivity index (χ3v) is 5.28. The normalized spacial score (nSPS) is 11.8. The lowest BCUT2D eigenvalue weighted by molar-refractivity contribution is 0.293. The summed E-state index contributed by atoms with van der Waals surface area (Å²) in [6, 6.07) is 15.4. The van der Waals surface area contributed by atoms with Crippen molar-refractivity contribution in [3.63, 3.8) is 0 Å². The molecule has 2 aromatic carbocycles. The van der Waals surface area contributed by atoms with Gasteiger partial charge in [0.15, 0.2) is 0 Å². The molecule has 0 saturated heterocycles. The van der Waals surface area contributed by atoms with Crippen LogP contribution in [0.1, 0.15) is 25.7 Å². The molecular formula is C18H20Cl2IN2O3P. The van der Waals surface area contributed by atoms with Gasteiger partial charge in [-0.3, -0.25) is 4.57 Å². The number of unbranched alkanes of at least 4 members (excludes halogenated alkanes) is 3. The predicted octanol–water partition coefficient (Wildman–Crippen LogP) is 8.25. The third kappa shape index (κ3) is 10.5. The SMILES string of the molecule is O=P(Cl)(Cl)OCCCCCCOc1ccc(N=Nc2ccc(I)cc2)cc1. The second kappa shape index (κ2) is 12.0. The van der Waals surface area contributed by atoms with Crippen molar-refractivity contribution in [2.75, 3.05) is 13.2 Å². The van der Waals surface area contributed by atoms with Crippen molar-refractivity contribution < 1.29 is 13.8 Å². The smallest absolute Gasteiger partial charge is 0.380 e. The molecule has 9 heteroatoms. The number of hydrogen-bond acceptors (Lipinski definition) is 5. The standard InChI is InChI=1S/C18H20Cl2IN2O3P/c19-27(20,24)26-14-4-2-1-3-13-25-18-11-9-17(10-12-18)23-22-16-7-5-15(21)6-8-16/h5-12H,1-4,13-14H2. The third-order valence-electron chi connectivity index (χ3n) is 3.49. The van der Waals surface area contributed by atoms with Crippen molar-refractivity contribution in [1.29, 1.82) is 0 Å². The maximum atomic E-state index is 10.9. The fourth-order valence-corrected chi connectivity index (χ4v) is 3.27. The topological polar surface area (TPSA) is 60.2 Å². The van der Waals surface area contributed by atoms with Gasteiger partial charge < -0.3 is 9.26 Å². The Kier molecular flexibility index (Phi) is 10.1. The van der Waals surface area contributed by atoms with Gasteiger partial charge >= 0.3 is 6.07 Å². The highest BCUT2D eigenvalue weighted by Gasteiger charge is 2.12. The van der Waals surface area contributed by atoms with E-state index in [-0.39, 0.29) is 0 Å². The first-order valence-corrected chi connectivity index (χ1v) is 13.0. The summed E-state index contributed by atoms with van der Waals surface area (Å²) < 4.78 is 22.6. The van der Waals surface area contributed by atoms with E-state index in [1.165, 1.54) is 0 Å². The van der Waals surface area contributed by atoms with Gasteiger partial charge in [-0.1, -0.05) is 6.42 Å². The summed E-state index contributed by atoms with van der Waals surface area (Å²) in [6.45, 7) is 0.942. The maximum Gasteiger partial charge on any atom is 0.380 e. The summed E-state index contributed by atoms with van der Waals surface area (Å²) in [7, 11) is 0. The highest BCUT2D eigenvalue weighted by molar-refractivity contribution is 14.1. The second-order valence-electron chi connectivity index (χ2n) is 5.68. The Hall–Kier alpha value is -0.660. The van der Waals surface area contributed by atoms with Crippen LogP contribution in [0.4, 0.5) is 11.4 Å². The van der Waals surface area contributed by atoms with E-state index in [4.69, 9.17) is 31.7 Å². The summed E-state index contributed by atoms with van der Waals surface area (Å²) >= 11 is 12.8. The van der Waals surface area contributed by atoms with Crippen molar-refractivity contribution in [2.45, 2.75) is 25.7 Å². The van der Waals surface area contributed by atoms with Crippen LogP contribution in [0.2, 0.25) is 0 Å². The van der Waals surface area contributed by atoms with Crippen LogP contribution in [0.5, 0.6) is 5.75 Å². The average molecular weight is 541 g/mol. The molecule has 0 aliphatic rings. The molecule has 0 radical (unpaired) electrons. The molecule has 0 aliphatic carbocycles. The first kappa shape index (κ1) is 22.6. The van der Waals surface area contributed by atoms with Gasteiger partial charge in [-0.2, -0.15) is 10.2 Å². The molecule has 27 heavy (non-hydrogen) atoms. The van der Waals surface area contributed by atoms with E-state index in [2.05, 4.69) is 32.8 Å². The van der Waals surface area contributed by atoms with Crippen LogP contribution in [0.3, 0.4) is 0 Å². The van der Waals surface area contributed by atoms with E-state index in [1.54, 1.807) is 0 Å². The molecule has 0 spiro atoms. The van der Waals surface area contributed by atoms with Gasteiger partial charge in [0.2, 0.25) is 0 Å². The fourth-order valence-electron chi connectivity index (χ4n) is 2.15. The molecule has 0 fully saturated rings. The van der Waals surface area contributed by atoms with Crippen molar-refractivity contribution in [3.05, 3.63) is 52.1 Å². The van der Waals surface area contributed by atoms with Crippen LogP contribution in [-0.4, -0.2) is 13.2 Å². The van der Waals surface area contributed by atoms with Gasteiger partial charge in [-0.15, -0.1) is 0 Å². The molecule has 146 valence electrons. The maximum absolute atomic E-state index is 10.9. The first-order chi connectivity index (χ1) is 12.9. The van der Waals surface area contributed by atoms with E-state index in [0.717, 1.165) is 46.4 Å². The van der Waals surface area contributed by atoms with Gasteiger partial charge in [0, 0.05) is 3.57 Å². The lowest BCUT2D eigenvalue weighted by Gasteiger charge is -2.07. The van der Waals surface area contributed by atoms with Crippen molar-refractivity contribution in [3.8, 4) is 5.75 Å². The Morgan fingerprint density at radius 2 is 1.33 bits per heavy atom. The van der Waals surface area contributed by atoms with Crippen LogP contribution < -0.4 is 4.74 Å². The van der Waals surface area contributed by atoms with Gasteiger partial charge in [-0.05, 0) is 113 Å². The molecule has 2 aromatic rings. The first-order valence-electron chi connectivity index (χ1n) is 8.46. The summed E-state index contributed by atoms with van der Waals surface area (Å²) in [5, 5.41) is 8.43. The molecule has 0 saturated carbocycles. The van der Waals surface area contributed by atoms with Gasteiger partial charge in [0.25, 0.3) is 0 Å². The minimum absolute atomic E-state index is 0.309. The van der Waals surface area contributed by atoms with Crippen molar-refractivity contribution >= 4 is 62.5 Å². The van der Waals surface area contributed by atoms with Gasteiger partial charge in [0.1, 0.15) is 5.75 Å². The molecule has 0 aromatic heterocycles. The molecule has 2 rings (SSSR count). The van der Waals surface area contributed by atoms with E-state index < -0.39 is 6.07 Å². The summed E-state index contributed by atoms with van der Waals surface area (Å²) in [6.07, 6.45) is 0.227. The predicted molar refractivity (Wildman–Crippen MR) is 119 cm³/mol. The number of halogens is 3. The second-order valence-corrected chi connectivity index (χ2v) is 11.2. The number of azo groups is 1. The van der Waals surface area contributed by atoms with Crippen LogP contribution in [-0.2, 0) is 9.09 Å². The van der Waals surface area contributed by atoms with Gasteiger partial charge in [0.05, 0.1) is 24.6 Å². The highest BCUT2D eigenvalue weighted by atomic mass is 127. The summed E-state index contributed by atoms with van der Waals surface area (Å²) in [5.74, 6) is 0.803. The quantitative estimate of drug-likeness (QED) is 0.125. The van der Waals surface area contributed by atoms with Crippen molar-refractivity contribution in [2.24, 2.45) is 10.2 Å². The lowest BCUT2D eigenvalue weighted by atomic mass is 10.2. The molecule has 0 atom stereocenters. The minimum Gasteiger partial charge on any atom is -0.494 e. The van der Waals surface area contributed by atoms with Gasteiger partial charge in [-0.25, -0.2) is 0 Å². The zero-order valence-corrected chi connectivity index (χ0v) is 19.1. The van der Waals surface area contributed by atoms with E-state index in [9.17, 15) is 4.57 Å². The molecule has 0 aliphatic heterocycles. The Morgan fingerprint density at radius 3 is 1.89 bits per heavy atom. The number of benzene rings is 2. The molecular weight excluding hydrogens is 521 g/mol. The van der Waals surface area contributed by atoms with Crippen LogP contribution >= 0.6 is 51.1 Å². The van der Waals surface area contributed by atoms with E-state index >= 15 is 0 Å². The lowest BCUT2D eigenvalue weighted by Crippen LogP contribution is -1.97. The van der Waals surface area contributed by atoms with E-state index in [0.29, 0.717) is 13.2 Å². The molecule has 5 nitrogen and oxygen atoms in total. The minimum atomic E-state index is -3.39. The zero-order valence-electron chi connectivity index (χ0n) is 14.6. The number of rotatable bonds is 11. The number of nitrogens with zero attached hydrogens (tertiary/aromatic N) is 2. The Labute approximate surface area is 182 Å². The Balaban J connectivity index is 1.63. The highest BCUT2D eigenvalue weighted by Crippen LogP contribution is 2.57. The van der Waals surface area contributed by atoms with E-state index in [1.807, 2.05) is 48.5 Å². The van der Waals surface area contributed by atoms with Crippen molar-refractivity contribution in [1.82, 2.24) is 0 Å². The van der Waals surface area contributed by atoms with Crippen LogP contribution in [0.25, 0.3) is 0 Å². The summed E-state index contributed by atoms with van der Waals surface area (Å²) in [5.41, 5.74) is 1.60. The number of hydrogen-bond donors (Lipinski definition) is 0. The number of ether oxygens (including phenoxy) is 1. The zero-order chi connectivity index (χ0) is 19.5. The van der Waals surface area contributed by atoms with Crippen LogP contribution in [0.15, 0.2) is 58.8 Å². The largest absolute Gasteiger partial charge is 0.494 e. The fraction of sp³-hybridized carbons (Fsp3) is 0.333. The molecule has 0 heterocycles. The Bertz CT molecular complexity index is 767. The average Bonchev–Trinajstić information content (AvgIpc) is 2.63. The molecule has 0 amide bonds. The summed E-state index contributed by atoms with van der Waals surface area (Å²) in [4.78, 5) is 0. The van der Waals surface area contributed by atoms with Crippen LogP contribution in [0, 0.1) is 3.57 Å². The molecule has 0 bridgehead atoms. The monoisotopic (exact) mass is 540 g/mol. The molecule has 0 N–H and O–H groups in total. The molecule has 0 unspecified atom stereocenters.